The first-order chi connectivity index (χ1) is 9.46. The lowest BCUT2D eigenvalue weighted by molar-refractivity contribution is 0.0264. The van der Waals surface area contributed by atoms with Gasteiger partial charge in [-0.2, -0.15) is 0 Å². The van der Waals surface area contributed by atoms with Crippen LogP contribution >= 0.6 is 24.0 Å². The molecule has 0 bridgehead atoms. The summed E-state index contributed by atoms with van der Waals surface area (Å²) in [4.78, 5) is 6.46. The van der Waals surface area contributed by atoms with Crippen molar-refractivity contribution in [2.24, 2.45) is 4.99 Å². The number of aliphatic imine (C=N–C) groups is 1. The molecule has 0 aromatic rings. The lowest BCUT2D eigenvalue weighted by Crippen LogP contribution is -2.47. The molecule has 0 spiro atoms. The second kappa shape index (κ2) is 10.6. The van der Waals surface area contributed by atoms with E-state index in [2.05, 4.69) is 15.2 Å². The fourth-order valence-corrected chi connectivity index (χ4v) is 3.01. The van der Waals surface area contributed by atoms with Crippen LogP contribution in [0.15, 0.2) is 4.99 Å². The van der Waals surface area contributed by atoms with Gasteiger partial charge in [0.15, 0.2) is 5.96 Å². The first-order valence-electron chi connectivity index (χ1n) is 7.21. The number of sulfone groups is 1. The Kier molecular flexibility index (Phi) is 10.6. The van der Waals surface area contributed by atoms with E-state index in [4.69, 9.17) is 4.74 Å². The van der Waals surface area contributed by atoms with Gasteiger partial charge in [0.2, 0.25) is 0 Å². The molecule has 0 amide bonds. The van der Waals surface area contributed by atoms with Crippen molar-refractivity contribution in [2.75, 3.05) is 45.3 Å². The zero-order chi connectivity index (χ0) is 15.0. The van der Waals surface area contributed by atoms with Gasteiger partial charge in [-0.3, -0.25) is 4.99 Å². The third-order valence-electron chi connectivity index (χ3n) is 3.33. The Hall–Kier alpha value is -0.0900. The standard InChI is InChI=1S/C13H27N3O3S.HI/c1-4-19-12-6-9-16(10-7-12)13(14-2)15-8-5-11-20(3,17)18;/h12H,4-11H2,1-3H3,(H,14,15);1H. The summed E-state index contributed by atoms with van der Waals surface area (Å²) in [5, 5.41) is 3.23. The molecule has 0 atom stereocenters. The number of rotatable bonds is 6. The molecular formula is C13H28IN3O3S. The first-order valence-corrected chi connectivity index (χ1v) is 9.27. The number of hydrogen-bond acceptors (Lipinski definition) is 4. The van der Waals surface area contributed by atoms with Gasteiger partial charge in [0.05, 0.1) is 11.9 Å². The zero-order valence-electron chi connectivity index (χ0n) is 13.2. The van der Waals surface area contributed by atoms with Crippen LogP contribution in [0.4, 0.5) is 0 Å². The third-order valence-corrected chi connectivity index (χ3v) is 4.36. The van der Waals surface area contributed by atoms with E-state index in [9.17, 15) is 8.42 Å². The molecule has 1 fully saturated rings. The fourth-order valence-electron chi connectivity index (χ4n) is 2.34. The molecule has 1 heterocycles. The van der Waals surface area contributed by atoms with E-state index >= 15 is 0 Å². The Bertz CT molecular complexity index is 407. The Morgan fingerprint density at radius 2 is 2.00 bits per heavy atom. The summed E-state index contributed by atoms with van der Waals surface area (Å²) in [6.07, 6.45) is 4.25. The molecular weight excluding hydrogens is 405 g/mol. The molecule has 6 nitrogen and oxygen atoms in total. The fraction of sp³-hybridized carbons (Fsp3) is 0.923. The van der Waals surface area contributed by atoms with Crippen molar-refractivity contribution in [3.63, 3.8) is 0 Å². The second-order valence-corrected chi connectivity index (χ2v) is 7.36. The monoisotopic (exact) mass is 433 g/mol. The molecule has 1 N–H and O–H groups in total. The second-order valence-electron chi connectivity index (χ2n) is 5.10. The van der Waals surface area contributed by atoms with E-state index in [-0.39, 0.29) is 29.7 Å². The molecule has 21 heavy (non-hydrogen) atoms. The van der Waals surface area contributed by atoms with Crippen LogP contribution in [0.5, 0.6) is 0 Å². The van der Waals surface area contributed by atoms with E-state index < -0.39 is 9.84 Å². The quantitative estimate of drug-likeness (QED) is 0.294. The molecule has 1 aliphatic heterocycles. The summed E-state index contributed by atoms with van der Waals surface area (Å²) >= 11 is 0. The molecule has 0 aliphatic carbocycles. The Balaban J connectivity index is 0.00000400. The number of nitrogens with zero attached hydrogens (tertiary/aromatic N) is 2. The Labute approximate surface area is 145 Å². The van der Waals surface area contributed by atoms with Crippen molar-refractivity contribution in [2.45, 2.75) is 32.3 Å². The van der Waals surface area contributed by atoms with Crippen LogP contribution in [0.3, 0.4) is 0 Å². The first kappa shape index (κ1) is 20.9. The van der Waals surface area contributed by atoms with Crippen molar-refractivity contribution in [3.8, 4) is 0 Å². The van der Waals surface area contributed by atoms with Crippen LogP contribution in [0.2, 0.25) is 0 Å². The van der Waals surface area contributed by atoms with Gasteiger partial charge in [-0.1, -0.05) is 0 Å². The molecule has 1 aliphatic rings. The van der Waals surface area contributed by atoms with Gasteiger partial charge in [0, 0.05) is 39.5 Å². The number of hydrogen-bond donors (Lipinski definition) is 1. The van der Waals surface area contributed by atoms with Gasteiger partial charge in [0.1, 0.15) is 9.84 Å². The summed E-state index contributed by atoms with van der Waals surface area (Å²) < 4.78 is 27.8. The molecule has 1 saturated heterocycles. The van der Waals surface area contributed by atoms with Gasteiger partial charge in [0.25, 0.3) is 0 Å². The number of ether oxygens (including phenoxy) is 1. The zero-order valence-corrected chi connectivity index (χ0v) is 16.3. The largest absolute Gasteiger partial charge is 0.378 e. The van der Waals surface area contributed by atoms with E-state index in [1.165, 1.54) is 6.26 Å². The number of piperidine rings is 1. The smallest absolute Gasteiger partial charge is 0.193 e. The maximum absolute atomic E-state index is 11.1. The molecule has 0 saturated carbocycles. The highest BCUT2D eigenvalue weighted by Crippen LogP contribution is 2.13. The lowest BCUT2D eigenvalue weighted by Gasteiger charge is -2.34. The highest BCUT2D eigenvalue weighted by molar-refractivity contribution is 14.0. The summed E-state index contributed by atoms with van der Waals surface area (Å²) in [7, 11) is -1.12. The predicted octanol–water partition coefficient (Wildman–Crippen LogP) is 1.12. The van der Waals surface area contributed by atoms with E-state index in [0.29, 0.717) is 19.1 Å². The minimum atomic E-state index is -2.88. The summed E-state index contributed by atoms with van der Waals surface area (Å²) in [6.45, 7) is 5.27. The van der Waals surface area contributed by atoms with Crippen LogP contribution < -0.4 is 5.32 Å². The maximum Gasteiger partial charge on any atom is 0.193 e. The normalized spacial score (nSPS) is 17.5. The van der Waals surface area contributed by atoms with Crippen LogP contribution in [0, 0.1) is 0 Å². The number of likely N-dealkylation sites (tertiary alicyclic amines) is 1. The summed E-state index contributed by atoms with van der Waals surface area (Å²) in [5.74, 6) is 1.07. The SMILES string of the molecule is CCOC1CCN(C(=NC)NCCCS(C)(=O)=O)CC1.I. The minimum absolute atomic E-state index is 0. The van der Waals surface area contributed by atoms with Crippen molar-refractivity contribution in [1.82, 2.24) is 10.2 Å². The van der Waals surface area contributed by atoms with Gasteiger partial charge in [-0.15, -0.1) is 24.0 Å². The van der Waals surface area contributed by atoms with Gasteiger partial charge >= 0.3 is 0 Å². The number of guanidine groups is 1. The maximum atomic E-state index is 11.1. The average molecular weight is 433 g/mol. The molecule has 8 heteroatoms. The number of nitrogens with one attached hydrogen (secondary N) is 1. The van der Waals surface area contributed by atoms with Crippen molar-refractivity contribution in [1.29, 1.82) is 0 Å². The van der Waals surface area contributed by atoms with E-state index in [1.807, 2.05) is 6.92 Å². The summed E-state index contributed by atoms with van der Waals surface area (Å²) in [6, 6.07) is 0. The van der Waals surface area contributed by atoms with Gasteiger partial charge in [-0.25, -0.2) is 8.42 Å². The van der Waals surface area contributed by atoms with Gasteiger partial charge in [-0.05, 0) is 26.2 Å². The molecule has 0 aromatic heterocycles. The number of halogens is 1. The van der Waals surface area contributed by atoms with E-state index in [1.54, 1.807) is 7.05 Å². The van der Waals surface area contributed by atoms with E-state index in [0.717, 1.165) is 38.5 Å². The molecule has 0 radical (unpaired) electrons. The van der Waals surface area contributed by atoms with Crippen LogP contribution in [-0.2, 0) is 14.6 Å². The van der Waals surface area contributed by atoms with Crippen molar-refractivity contribution in [3.05, 3.63) is 0 Å². The molecule has 0 unspecified atom stereocenters. The molecule has 126 valence electrons. The highest BCUT2D eigenvalue weighted by Gasteiger charge is 2.21. The van der Waals surface area contributed by atoms with Crippen LogP contribution in [0.1, 0.15) is 26.2 Å². The Morgan fingerprint density at radius 3 is 2.48 bits per heavy atom. The molecule has 0 aromatic carbocycles. The minimum Gasteiger partial charge on any atom is -0.378 e. The summed E-state index contributed by atoms with van der Waals surface area (Å²) in [5.41, 5.74) is 0. The molecule has 1 rings (SSSR count). The lowest BCUT2D eigenvalue weighted by atomic mass is 10.1. The predicted molar refractivity (Wildman–Crippen MR) is 97.3 cm³/mol. The average Bonchev–Trinajstić information content (AvgIpc) is 2.39. The third kappa shape index (κ3) is 8.82. The van der Waals surface area contributed by atoms with Crippen molar-refractivity contribution >= 4 is 39.8 Å². The van der Waals surface area contributed by atoms with Gasteiger partial charge < -0.3 is 15.0 Å². The Morgan fingerprint density at radius 1 is 1.38 bits per heavy atom. The van der Waals surface area contributed by atoms with Crippen molar-refractivity contribution < 1.29 is 13.2 Å². The van der Waals surface area contributed by atoms with Crippen LogP contribution in [-0.4, -0.2) is 70.7 Å². The highest BCUT2D eigenvalue weighted by atomic mass is 127. The van der Waals surface area contributed by atoms with Crippen LogP contribution in [0.25, 0.3) is 0 Å². The topological polar surface area (TPSA) is 71.0 Å².